The Balaban J connectivity index is 2.00. The van der Waals surface area contributed by atoms with E-state index >= 15 is 0 Å². The number of methoxy groups -OCH3 is 1. The van der Waals surface area contributed by atoms with Crippen molar-refractivity contribution in [3.63, 3.8) is 0 Å². The van der Waals surface area contributed by atoms with E-state index in [-0.39, 0.29) is 17.3 Å². The van der Waals surface area contributed by atoms with Crippen LogP contribution in [-0.4, -0.2) is 51.4 Å². The van der Waals surface area contributed by atoms with Crippen LogP contribution in [0.25, 0.3) is 0 Å². The number of benzene rings is 3. The van der Waals surface area contributed by atoms with Gasteiger partial charge in [-0.05, 0) is 67.4 Å². The highest BCUT2D eigenvalue weighted by atomic mass is 79.9. The Bertz CT molecular complexity index is 1330. The summed E-state index contributed by atoms with van der Waals surface area (Å²) in [6, 6.07) is 21.0. The average Bonchev–Trinajstić information content (AvgIpc) is 2.93. The van der Waals surface area contributed by atoms with Crippen LogP contribution in [0, 0.1) is 0 Å². The number of hydrogen-bond donors (Lipinski definition) is 1. The van der Waals surface area contributed by atoms with Crippen LogP contribution in [0.2, 0.25) is 0 Å². The number of nitrogens with one attached hydrogen (secondary N) is 1. The molecule has 202 valence electrons. The summed E-state index contributed by atoms with van der Waals surface area (Å²) in [6.45, 7) is 3.65. The van der Waals surface area contributed by atoms with Gasteiger partial charge in [-0.2, -0.15) is 0 Å². The van der Waals surface area contributed by atoms with Gasteiger partial charge in [-0.15, -0.1) is 0 Å². The number of nitrogens with zero attached hydrogens (tertiary/aromatic N) is 2. The Kier molecular flexibility index (Phi) is 10.3. The smallest absolute Gasteiger partial charge is 0.264 e. The summed E-state index contributed by atoms with van der Waals surface area (Å²) in [6.07, 6.45) is 0.745. The maximum atomic E-state index is 13.8. The average molecular weight is 603 g/mol. The first-order chi connectivity index (χ1) is 18.2. The molecule has 0 saturated heterocycles. The Morgan fingerprint density at radius 1 is 1.00 bits per heavy atom. The monoisotopic (exact) mass is 601 g/mol. The number of rotatable bonds is 12. The zero-order valence-corrected chi connectivity index (χ0v) is 24.0. The van der Waals surface area contributed by atoms with E-state index in [2.05, 4.69) is 21.2 Å². The van der Waals surface area contributed by atoms with Crippen molar-refractivity contribution in [1.29, 1.82) is 0 Å². The number of amides is 2. The third-order valence-corrected chi connectivity index (χ3v) is 8.25. The molecule has 38 heavy (non-hydrogen) atoms. The molecule has 0 heterocycles. The van der Waals surface area contributed by atoms with E-state index in [4.69, 9.17) is 4.74 Å². The fourth-order valence-corrected chi connectivity index (χ4v) is 5.50. The number of sulfonamides is 1. The molecule has 2 amide bonds. The van der Waals surface area contributed by atoms with E-state index in [9.17, 15) is 18.0 Å². The topological polar surface area (TPSA) is 96.0 Å². The van der Waals surface area contributed by atoms with Crippen LogP contribution < -0.4 is 14.4 Å². The second-order valence-electron chi connectivity index (χ2n) is 8.64. The Morgan fingerprint density at radius 3 is 2.32 bits per heavy atom. The lowest BCUT2D eigenvalue weighted by Gasteiger charge is -2.32. The van der Waals surface area contributed by atoms with Crippen molar-refractivity contribution in [3.8, 4) is 5.75 Å². The van der Waals surface area contributed by atoms with Crippen molar-refractivity contribution in [1.82, 2.24) is 10.2 Å². The maximum Gasteiger partial charge on any atom is 0.264 e. The minimum absolute atomic E-state index is 0.0591. The largest absolute Gasteiger partial charge is 0.497 e. The van der Waals surface area contributed by atoms with E-state index in [1.165, 1.54) is 17.0 Å². The molecule has 0 aliphatic heterocycles. The Morgan fingerprint density at radius 2 is 1.68 bits per heavy atom. The van der Waals surface area contributed by atoms with E-state index in [0.29, 0.717) is 18.0 Å². The lowest BCUT2D eigenvalue weighted by molar-refractivity contribution is -0.139. The second-order valence-corrected chi connectivity index (χ2v) is 11.4. The lowest BCUT2D eigenvalue weighted by atomic mass is 10.1. The van der Waals surface area contributed by atoms with Gasteiger partial charge >= 0.3 is 0 Å². The molecule has 8 nitrogen and oxygen atoms in total. The summed E-state index contributed by atoms with van der Waals surface area (Å²) in [5.74, 6) is -0.222. The van der Waals surface area contributed by atoms with Gasteiger partial charge in [-0.3, -0.25) is 13.9 Å². The maximum absolute atomic E-state index is 13.8. The SMILES string of the molecule is CCCNC(=O)[C@H](C)N(Cc1cccc(OC)c1)C(=O)CN(c1ccc(Br)cc1)S(=O)(=O)c1ccccc1. The van der Waals surface area contributed by atoms with Gasteiger partial charge in [-0.1, -0.05) is 53.2 Å². The fraction of sp³-hybridized carbons (Fsp3) is 0.286. The molecule has 0 spiro atoms. The van der Waals surface area contributed by atoms with E-state index < -0.39 is 28.5 Å². The fourth-order valence-electron chi connectivity index (χ4n) is 3.80. The van der Waals surface area contributed by atoms with Gasteiger partial charge in [0.05, 0.1) is 17.7 Å². The predicted molar refractivity (Wildman–Crippen MR) is 151 cm³/mol. The highest BCUT2D eigenvalue weighted by Crippen LogP contribution is 2.26. The van der Waals surface area contributed by atoms with Crippen LogP contribution in [0.3, 0.4) is 0 Å². The van der Waals surface area contributed by atoms with Crippen molar-refractivity contribution in [2.24, 2.45) is 0 Å². The molecule has 0 radical (unpaired) electrons. The van der Waals surface area contributed by atoms with Crippen molar-refractivity contribution in [3.05, 3.63) is 88.9 Å². The molecule has 10 heteroatoms. The number of halogens is 1. The molecule has 0 aliphatic carbocycles. The van der Waals surface area contributed by atoms with Crippen LogP contribution in [0.5, 0.6) is 5.75 Å². The minimum Gasteiger partial charge on any atom is -0.497 e. The number of hydrogen-bond acceptors (Lipinski definition) is 5. The quantitative estimate of drug-likeness (QED) is 0.327. The molecular formula is C28H32BrN3O5S. The van der Waals surface area contributed by atoms with Gasteiger partial charge in [-0.25, -0.2) is 8.42 Å². The van der Waals surface area contributed by atoms with Crippen molar-refractivity contribution in [2.75, 3.05) is 24.5 Å². The highest BCUT2D eigenvalue weighted by Gasteiger charge is 2.32. The Labute approximate surface area is 232 Å². The van der Waals surface area contributed by atoms with Crippen LogP contribution in [0.4, 0.5) is 5.69 Å². The summed E-state index contributed by atoms with van der Waals surface area (Å²) in [4.78, 5) is 28.2. The van der Waals surface area contributed by atoms with Gasteiger partial charge in [0, 0.05) is 17.6 Å². The van der Waals surface area contributed by atoms with E-state index in [1.54, 1.807) is 74.7 Å². The molecule has 0 saturated carbocycles. The lowest BCUT2D eigenvalue weighted by Crippen LogP contribution is -2.51. The zero-order chi connectivity index (χ0) is 27.7. The van der Waals surface area contributed by atoms with Gasteiger partial charge < -0.3 is 15.0 Å². The van der Waals surface area contributed by atoms with Crippen LogP contribution >= 0.6 is 15.9 Å². The van der Waals surface area contributed by atoms with Gasteiger partial charge in [0.15, 0.2) is 0 Å². The normalized spacial score (nSPS) is 11.9. The molecule has 0 bridgehead atoms. The summed E-state index contributed by atoms with van der Waals surface area (Å²) < 4.78 is 34.6. The second kappa shape index (κ2) is 13.4. The molecule has 3 rings (SSSR count). The summed E-state index contributed by atoms with van der Waals surface area (Å²) in [7, 11) is -2.54. The minimum atomic E-state index is -4.09. The molecule has 0 aromatic heterocycles. The number of ether oxygens (including phenoxy) is 1. The molecule has 3 aromatic rings. The van der Waals surface area contributed by atoms with Crippen molar-refractivity contribution in [2.45, 2.75) is 37.8 Å². The molecule has 0 aliphatic rings. The van der Waals surface area contributed by atoms with Crippen LogP contribution in [0.15, 0.2) is 88.2 Å². The number of anilines is 1. The summed E-state index contributed by atoms with van der Waals surface area (Å²) in [5.41, 5.74) is 1.07. The van der Waals surface area contributed by atoms with Gasteiger partial charge in [0.25, 0.3) is 10.0 Å². The third-order valence-electron chi connectivity index (χ3n) is 5.93. The van der Waals surface area contributed by atoms with Crippen LogP contribution in [0.1, 0.15) is 25.8 Å². The molecule has 3 aromatic carbocycles. The predicted octanol–water partition coefficient (Wildman–Crippen LogP) is 4.60. The Hall–Kier alpha value is -3.37. The molecular weight excluding hydrogens is 570 g/mol. The van der Waals surface area contributed by atoms with Crippen molar-refractivity contribution >= 4 is 43.5 Å². The standard InChI is InChI=1S/C28H32BrN3O5S/c1-4-17-30-28(34)21(2)31(19-22-9-8-10-25(18-22)37-3)27(33)20-32(24-15-13-23(29)14-16-24)38(35,36)26-11-6-5-7-12-26/h5-16,18,21H,4,17,19-20H2,1-3H3,(H,30,34)/t21-/m0/s1. The number of carbonyl (C=O) groups is 2. The zero-order valence-electron chi connectivity index (χ0n) is 21.6. The summed E-state index contributed by atoms with van der Waals surface area (Å²) >= 11 is 3.37. The molecule has 0 unspecified atom stereocenters. The summed E-state index contributed by atoms with van der Waals surface area (Å²) in [5, 5.41) is 2.83. The molecule has 0 fully saturated rings. The van der Waals surface area contributed by atoms with E-state index in [1.807, 2.05) is 13.0 Å². The molecule has 1 N–H and O–H groups in total. The van der Waals surface area contributed by atoms with Gasteiger partial charge in [0.1, 0.15) is 18.3 Å². The highest BCUT2D eigenvalue weighted by molar-refractivity contribution is 9.10. The first-order valence-electron chi connectivity index (χ1n) is 12.2. The number of carbonyl (C=O) groups excluding carboxylic acids is 2. The molecule has 1 atom stereocenters. The first-order valence-corrected chi connectivity index (χ1v) is 14.4. The third kappa shape index (κ3) is 7.35. The first kappa shape index (κ1) is 29.2. The van der Waals surface area contributed by atoms with E-state index in [0.717, 1.165) is 20.8 Å². The van der Waals surface area contributed by atoms with Crippen molar-refractivity contribution < 1.29 is 22.7 Å². The van der Waals surface area contributed by atoms with Crippen LogP contribution in [-0.2, 0) is 26.2 Å². The van der Waals surface area contributed by atoms with Gasteiger partial charge in [0.2, 0.25) is 11.8 Å².